The molecule has 0 aromatic heterocycles. The molecule has 1 aliphatic heterocycles. The molecule has 2 fully saturated rings. The smallest absolute Gasteiger partial charge is 0.251 e. The van der Waals surface area contributed by atoms with Crippen molar-refractivity contribution in [1.29, 1.82) is 0 Å². The zero-order chi connectivity index (χ0) is 18.1. The maximum atomic E-state index is 12.5. The van der Waals surface area contributed by atoms with E-state index in [-0.39, 0.29) is 28.7 Å². The molecule has 1 aliphatic carbocycles. The van der Waals surface area contributed by atoms with Gasteiger partial charge in [0.2, 0.25) is 0 Å². The third-order valence-corrected chi connectivity index (χ3v) is 9.29. The molecule has 1 heterocycles. The Labute approximate surface area is 148 Å². The van der Waals surface area contributed by atoms with Crippen molar-refractivity contribution in [3.63, 3.8) is 0 Å². The van der Waals surface area contributed by atoms with Crippen molar-refractivity contribution in [1.82, 2.24) is 5.32 Å². The second kappa shape index (κ2) is 7.07. The van der Waals surface area contributed by atoms with Gasteiger partial charge in [-0.2, -0.15) is 0 Å². The predicted octanol–water partition coefficient (Wildman–Crippen LogP) is 1.57. The molecule has 0 bridgehead atoms. The van der Waals surface area contributed by atoms with Gasteiger partial charge in [-0.05, 0) is 49.4 Å². The molecular weight excluding hydrogens is 362 g/mol. The number of sulfone groups is 2. The first-order chi connectivity index (χ1) is 11.8. The minimum Gasteiger partial charge on any atom is -0.352 e. The van der Waals surface area contributed by atoms with E-state index in [1.807, 2.05) is 0 Å². The zero-order valence-corrected chi connectivity index (χ0v) is 15.6. The Morgan fingerprint density at radius 2 is 1.72 bits per heavy atom. The first-order valence-corrected chi connectivity index (χ1v) is 12.0. The number of hydrogen-bond acceptors (Lipinski definition) is 5. The van der Waals surface area contributed by atoms with Gasteiger partial charge in [0.15, 0.2) is 19.7 Å². The summed E-state index contributed by atoms with van der Waals surface area (Å²) in [6, 6.07) is 5.76. The van der Waals surface area contributed by atoms with Crippen molar-refractivity contribution in [2.75, 3.05) is 18.1 Å². The van der Waals surface area contributed by atoms with Crippen molar-refractivity contribution >= 4 is 25.6 Å². The molecule has 0 spiro atoms. The summed E-state index contributed by atoms with van der Waals surface area (Å²) in [4.78, 5) is 12.2. The number of carbonyl (C=O) groups is 1. The van der Waals surface area contributed by atoms with Crippen LogP contribution in [0.5, 0.6) is 0 Å². The third kappa shape index (κ3) is 4.23. The Hall–Kier alpha value is -1.41. The average Bonchev–Trinajstić information content (AvgIpc) is 3.22. The van der Waals surface area contributed by atoms with Crippen LogP contribution >= 0.6 is 0 Å². The number of nitrogens with one attached hydrogen (secondary N) is 1. The molecule has 1 amide bonds. The fraction of sp³-hybridized carbons (Fsp3) is 0.588. The number of rotatable bonds is 5. The molecular formula is C17H23NO5S2. The molecule has 1 saturated heterocycles. The van der Waals surface area contributed by atoms with Crippen LogP contribution in [0, 0.1) is 5.92 Å². The second-order valence-electron chi connectivity index (χ2n) is 6.95. The lowest BCUT2D eigenvalue weighted by Gasteiger charge is -2.12. The van der Waals surface area contributed by atoms with E-state index in [0.717, 1.165) is 12.8 Å². The molecule has 1 N–H and O–H groups in total. The van der Waals surface area contributed by atoms with E-state index in [9.17, 15) is 21.6 Å². The maximum Gasteiger partial charge on any atom is 0.251 e. The highest BCUT2D eigenvalue weighted by atomic mass is 32.2. The molecule has 1 saturated carbocycles. The molecule has 2 aliphatic rings. The molecule has 25 heavy (non-hydrogen) atoms. The minimum atomic E-state index is -3.69. The topological polar surface area (TPSA) is 97.4 Å². The van der Waals surface area contributed by atoms with Gasteiger partial charge in [0, 0.05) is 12.1 Å². The van der Waals surface area contributed by atoms with Gasteiger partial charge in [-0.25, -0.2) is 16.8 Å². The summed E-state index contributed by atoms with van der Waals surface area (Å²) < 4.78 is 48.1. The molecule has 1 unspecified atom stereocenters. The van der Waals surface area contributed by atoms with Gasteiger partial charge < -0.3 is 5.32 Å². The van der Waals surface area contributed by atoms with Gasteiger partial charge in [-0.3, -0.25) is 4.79 Å². The SMILES string of the molecule is O=C(NCC1CCCC1)c1ccc(S(=O)(=O)C2CCS(=O)(=O)C2)cc1. The van der Waals surface area contributed by atoms with Gasteiger partial charge >= 0.3 is 0 Å². The highest BCUT2D eigenvalue weighted by molar-refractivity contribution is 7.96. The molecule has 0 radical (unpaired) electrons. The third-order valence-electron chi connectivity index (χ3n) is 5.10. The first kappa shape index (κ1) is 18.4. The van der Waals surface area contributed by atoms with Crippen LogP contribution in [-0.4, -0.2) is 46.0 Å². The van der Waals surface area contributed by atoms with Gasteiger partial charge in [0.1, 0.15) is 0 Å². The van der Waals surface area contributed by atoms with Crippen LogP contribution in [0.4, 0.5) is 0 Å². The van der Waals surface area contributed by atoms with Gasteiger partial charge in [-0.15, -0.1) is 0 Å². The minimum absolute atomic E-state index is 0.0712. The average molecular weight is 386 g/mol. The lowest BCUT2D eigenvalue weighted by molar-refractivity contribution is 0.0947. The van der Waals surface area contributed by atoms with Crippen molar-refractivity contribution in [2.24, 2.45) is 5.92 Å². The van der Waals surface area contributed by atoms with E-state index in [2.05, 4.69) is 5.32 Å². The molecule has 1 aromatic carbocycles. The maximum absolute atomic E-state index is 12.5. The molecule has 6 nitrogen and oxygen atoms in total. The predicted molar refractivity (Wildman–Crippen MR) is 95.0 cm³/mol. The van der Waals surface area contributed by atoms with Crippen LogP contribution in [0.15, 0.2) is 29.2 Å². The van der Waals surface area contributed by atoms with E-state index in [1.165, 1.54) is 37.1 Å². The van der Waals surface area contributed by atoms with Crippen molar-refractivity contribution in [3.8, 4) is 0 Å². The Morgan fingerprint density at radius 3 is 2.28 bits per heavy atom. The summed E-state index contributed by atoms with van der Waals surface area (Å²) in [5.74, 6) is -0.0791. The van der Waals surface area contributed by atoms with Crippen LogP contribution in [0.25, 0.3) is 0 Å². The molecule has 138 valence electrons. The van der Waals surface area contributed by atoms with Crippen molar-refractivity contribution in [3.05, 3.63) is 29.8 Å². The van der Waals surface area contributed by atoms with E-state index < -0.39 is 24.9 Å². The van der Waals surface area contributed by atoms with Crippen LogP contribution in [0.3, 0.4) is 0 Å². The van der Waals surface area contributed by atoms with E-state index >= 15 is 0 Å². The summed E-state index contributed by atoms with van der Waals surface area (Å²) in [5, 5.41) is 2.01. The monoisotopic (exact) mass is 385 g/mol. The first-order valence-electron chi connectivity index (χ1n) is 8.60. The highest BCUT2D eigenvalue weighted by Gasteiger charge is 2.38. The summed E-state index contributed by atoms with van der Waals surface area (Å²) >= 11 is 0. The molecule has 1 atom stereocenters. The Morgan fingerprint density at radius 1 is 1.08 bits per heavy atom. The van der Waals surface area contributed by atoms with Gasteiger partial charge in [-0.1, -0.05) is 12.8 Å². The number of hydrogen-bond donors (Lipinski definition) is 1. The van der Waals surface area contributed by atoms with Crippen LogP contribution in [-0.2, 0) is 19.7 Å². The van der Waals surface area contributed by atoms with Crippen LogP contribution in [0.1, 0.15) is 42.5 Å². The van der Waals surface area contributed by atoms with E-state index in [1.54, 1.807) is 0 Å². The summed E-state index contributed by atoms with van der Waals surface area (Å²) in [6.07, 6.45) is 4.84. The molecule has 8 heteroatoms. The quantitative estimate of drug-likeness (QED) is 0.830. The summed E-state index contributed by atoms with van der Waals surface area (Å²) in [5.41, 5.74) is 0.413. The lowest BCUT2D eigenvalue weighted by Crippen LogP contribution is -2.28. The number of amides is 1. The summed E-state index contributed by atoms with van der Waals surface area (Å²) in [6.45, 7) is 0.652. The highest BCUT2D eigenvalue weighted by Crippen LogP contribution is 2.26. The Kier molecular flexibility index (Phi) is 5.20. The number of benzene rings is 1. The molecule has 3 rings (SSSR count). The van der Waals surface area contributed by atoms with Crippen molar-refractivity contribution < 1.29 is 21.6 Å². The van der Waals surface area contributed by atoms with Gasteiger partial charge in [0.05, 0.1) is 21.7 Å². The fourth-order valence-electron chi connectivity index (χ4n) is 3.55. The largest absolute Gasteiger partial charge is 0.352 e. The lowest BCUT2D eigenvalue weighted by atomic mass is 10.1. The fourth-order valence-corrected chi connectivity index (χ4v) is 7.91. The van der Waals surface area contributed by atoms with Crippen LogP contribution in [0.2, 0.25) is 0 Å². The number of carbonyl (C=O) groups excluding carboxylic acids is 1. The van der Waals surface area contributed by atoms with Gasteiger partial charge in [0.25, 0.3) is 5.91 Å². The second-order valence-corrected chi connectivity index (χ2v) is 11.4. The van der Waals surface area contributed by atoms with Crippen LogP contribution < -0.4 is 5.32 Å². The normalized spacial score (nSPS) is 23.6. The van der Waals surface area contributed by atoms with E-state index in [0.29, 0.717) is 18.0 Å². The molecule has 1 aromatic rings. The standard InChI is InChI=1S/C17H23NO5S2/c19-17(18-11-13-3-1-2-4-13)14-5-7-15(8-6-14)25(22,23)16-9-10-24(20,21)12-16/h5-8,13,16H,1-4,9-12H2,(H,18,19). The summed E-state index contributed by atoms with van der Waals surface area (Å²) in [7, 11) is -6.96. The Bertz CT molecular complexity index is 838. The zero-order valence-electron chi connectivity index (χ0n) is 14.0. The Balaban J connectivity index is 1.66. The van der Waals surface area contributed by atoms with Crippen molar-refractivity contribution in [2.45, 2.75) is 42.2 Å². The van der Waals surface area contributed by atoms with E-state index in [4.69, 9.17) is 0 Å².